The van der Waals surface area contributed by atoms with Crippen molar-refractivity contribution >= 4 is 11.6 Å². The predicted molar refractivity (Wildman–Crippen MR) is 76.2 cm³/mol. The highest BCUT2D eigenvalue weighted by molar-refractivity contribution is 6.18. The van der Waals surface area contributed by atoms with Crippen LogP contribution in [0.4, 0.5) is 4.39 Å². The van der Waals surface area contributed by atoms with Crippen LogP contribution in [0.5, 0.6) is 5.75 Å². The van der Waals surface area contributed by atoms with Crippen LogP contribution in [0.1, 0.15) is 17.5 Å². The molecule has 0 saturated heterocycles. The average molecular weight is 293 g/mol. The molecule has 0 spiro atoms. The number of alkyl halides is 1. The monoisotopic (exact) mass is 292 g/mol. The molecule has 2 aromatic rings. The van der Waals surface area contributed by atoms with Crippen LogP contribution in [0, 0.1) is 17.7 Å². The van der Waals surface area contributed by atoms with Crippen molar-refractivity contribution in [2.45, 2.75) is 13.0 Å². The highest BCUT2D eigenvalue weighted by Gasteiger charge is 2.03. The number of benzene rings is 1. The summed E-state index contributed by atoms with van der Waals surface area (Å²) >= 11 is 5.51. The molecular weight excluding hydrogens is 279 g/mol. The van der Waals surface area contributed by atoms with Crippen LogP contribution in [-0.2, 0) is 13.7 Å². The van der Waals surface area contributed by atoms with Gasteiger partial charge in [0.15, 0.2) is 0 Å². The first kappa shape index (κ1) is 14.4. The minimum Gasteiger partial charge on any atom is -0.489 e. The Hall–Kier alpha value is -1.99. The minimum atomic E-state index is -0.393. The summed E-state index contributed by atoms with van der Waals surface area (Å²) in [6.07, 6.45) is 4.10. The Morgan fingerprint density at radius 1 is 1.45 bits per heavy atom. The third-order valence-electron chi connectivity index (χ3n) is 2.55. The van der Waals surface area contributed by atoms with E-state index < -0.39 is 5.82 Å². The van der Waals surface area contributed by atoms with Gasteiger partial charge in [-0.3, -0.25) is 4.68 Å². The molecule has 5 heteroatoms. The first-order valence-electron chi connectivity index (χ1n) is 6.14. The SMILES string of the molecule is Cn1cc(COc2ccc(C#CCCCl)c(F)c2)cn1. The summed E-state index contributed by atoms with van der Waals surface area (Å²) < 4.78 is 21.0. The van der Waals surface area contributed by atoms with Gasteiger partial charge in [0, 0.05) is 37.2 Å². The van der Waals surface area contributed by atoms with E-state index in [4.69, 9.17) is 16.3 Å². The molecule has 0 aliphatic rings. The third-order valence-corrected chi connectivity index (χ3v) is 2.74. The second kappa shape index (κ2) is 6.97. The molecule has 0 unspecified atom stereocenters. The van der Waals surface area contributed by atoms with Crippen molar-refractivity contribution in [2.24, 2.45) is 7.05 Å². The quantitative estimate of drug-likeness (QED) is 0.639. The summed E-state index contributed by atoms with van der Waals surface area (Å²) in [4.78, 5) is 0. The molecule has 0 radical (unpaired) electrons. The Labute approximate surface area is 122 Å². The van der Waals surface area contributed by atoms with Gasteiger partial charge in [0.05, 0.1) is 11.8 Å². The maximum Gasteiger partial charge on any atom is 0.142 e. The summed E-state index contributed by atoms with van der Waals surface area (Å²) in [5, 5.41) is 4.04. The molecule has 1 heterocycles. The number of hydrogen-bond donors (Lipinski definition) is 0. The minimum absolute atomic E-state index is 0.351. The Morgan fingerprint density at radius 2 is 2.30 bits per heavy atom. The number of aromatic nitrogens is 2. The fourth-order valence-electron chi connectivity index (χ4n) is 1.61. The first-order chi connectivity index (χ1) is 9.69. The maximum absolute atomic E-state index is 13.8. The van der Waals surface area contributed by atoms with Gasteiger partial charge in [-0.2, -0.15) is 5.10 Å². The lowest BCUT2D eigenvalue weighted by atomic mass is 10.2. The van der Waals surface area contributed by atoms with Gasteiger partial charge in [0.2, 0.25) is 0 Å². The highest BCUT2D eigenvalue weighted by atomic mass is 35.5. The molecule has 3 nitrogen and oxygen atoms in total. The van der Waals surface area contributed by atoms with E-state index in [1.807, 2.05) is 13.2 Å². The summed E-state index contributed by atoms with van der Waals surface area (Å²) in [5.41, 5.74) is 1.28. The van der Waals surface area contributed by atoms with Crippen LogP contribution < -0.4 is 4.74 Å². The molecule has 20 heavy (non-hydrogen) atoms. The number of ether oxygens (including phenoxy) is 1. The fraction of sp³-hybridized carbons (Fsp3) is 0.267. The zero-order valence-electron chi connectivity index (χ0n) is 11.1. The van der Waals surface area contributed by atoms with Crippen molar-refractivity contribution in [2.75, 3.05) is 5.88 Å². The molecule has 0 atom stereocenters. The Kier molecular flexibility index (Phi) is 5.03. The molecule has 0 aliphatic carbocycles. The topological polar surface area (TPSA) is 27.1 Å². The van der Waals surface area contributed by atoms with Crippen molar-refractivity contribution in [1.29, 1.82) is 0 Å². The van der Waals surface area contributed by atoms with Crippen molar-refractivity contribution in [3.63, 3.8) is 0 Å². The summed E-state index contributed by atoms with van der Waals surface area (Å²) in [5.74, 6) is 6.06. The van der Waals surface area contributed by atoms with Crippen LogP contribution in [-0.4, -0.2) is 15.7 Å². The standard InChI is InChI=1S/C15H14ClFN2O/c1-19-10-12(9-18-19)11-20-14-6-5-13(15(17)8-14)4-2-3-7-16/h5-6,8-10H,3,7,11H2,1H3. The molecular formula is C15H14ClFN2O. The molecule has 0 fully saturated rings. The second-order valence-corrected chi connectivity index (χ2v) is 4.57. The first-order valence-corrected chi connectivity index (χ1v) is 6.67. The second-order valence-electron chi connectivity index (χ2n) is 4.19. The zero-order valence-corrected chi connectivity index (χ0v) is 11.8. The van der Waals surface area contributed by atoms with Crippen molar-refractivity contribution in [3.05, 3.63) is 47.5 Å². The van der Waals surface area contributed by atoms with Crippen LogP contribution in [0.3, 0.4) is 0 Å². The lowest BCUT2D eigenvalue weighted by molar-refractivity contribution is 0.304. The largest absolute Gasteiger partial charge is 0.489 e. The van der Waals surface area contributed by atoms with E-state index in [2.05, 4.69) is 16.9 Å². The zero-order chi connectivity index (χ0) is 14.4. The molecule has 0 aliphatic heterocycles. The molecule has 1 aromatic carbocycles. The van der Waals surface area contributed by atoms with Gasteiger partial charge < -0.3 is 4.74 Å². The molecule has 0 bridgehead atoms. The molecule has 0 saturated carbocycles. The summed E-state index contributed by atoms with van der Waals surface area (Å²) in [6.45, 7) is 0.352. The van der Waals surface area contributed by atoms with Gasteiger partial charge in [0.25, 0.3) is 0 Å². The van der Waals surface area contributed by atoms with Crippen LogP contribution in [0.25, 0.3) is 0 Å². The number of aryl methyl sites for hydroxylation is 1. The Bertz CT molecular complexity index is 643. The average Bonchev–Trinajstić information content (AvgIpc) is 2.85. The van der Waals surface area contributed by atoms with E-state index in [-0.39, 0.29) is 0 Å². The molecule has 104 valence electrons. The molecule has 1 aromatic heterocycles. The molecule has 0 amide bonds. The lowest BCUT2D eigenvalue weighted by Crippen LogP contribution is -1.95. The highest BCUT2D eigenvalue weighted by Crippen LogP contribution is 2.17. The maximum atomic E-state index is 13.8. The molecule has 2 rings (SSSR count). The van der Waals surface area contributed by atoms with Crippen molar-refractivity contribution in [1.82, 2.24) is 9.78 Å². The van der Waals surface area contributed by atoms with Crippen molar-refractivity contribution < 1.29 is 9.13 Å². The van der Waals surface area contributed by atoms with E-state index in [0.717, 1.165) is 5.56 Å². The number of rotatable bonds is 4. The predicted octanol–water partition coefficient (Wildman–Crippen LogP) is 3.12. The van der Waals surface area contributed by atoms with Crippen LogP contribution in [0.2, 0.25) is 0 Å². The summed E-state index contributed by atoms with van der Waals surface area (Å²) in [6, 6.07) is 4.64. The van der Waals surface area contributed by atoms with Gasteiger partial charge in [-0.25, -0.2) is 4.39 Å². The number of hydrogen-bond acceptors (Lipinski definition) is 2. The van der Waals surface area contributed by atoms with E-state index >= 15 is 0 Å². The van der Waals surface area contributed by atoms with Crippen molar-refractivity contribution in [3.8, 4) is 17.6 Å². The van der Waals surface area contributed by atoms with E-state index in [0.29, 0.717) is 30.2 Å². The normalized spacial score (nSPS) is 9.95. The Morgan fingerprint density at radius 3 is 2.95 bits per heavy atom. The van der Waals surface area contributed by atoms with E-state index in [1.165, 1.54) is 6.07 Å². The fourth-order valence-corrected chi connectivity index (χ4v) is 1.70. The third kappa shape index (κ3) is 4.01. The number of halogens is 2. The Balaban J connectivity index is 2.00. The van der Waals surface area contributed by atoms with Gasteiger partial charge in [0.1, 0.15) is 18.2 Å². The van der Waals surface area contributed by atoms with E-state index in [9.17, 15) is 4.39 Å². The van der Waals surface area contributed by atoms with Gasteiger partial charge in [-0.05, 0) is 12.1 Å². The number of nitrogens with zero attached hydrogens (tertiary/aromatic N) is 2. The van der Waals surface area contributed by atoms with Gasteiger partial charge >= 0.3 is 0 Å². The summed E-state index contributed by atoms with van der Waals surface area (Å²) in [7, 11) is 1.83. The van der Waals surface area contributed by atoms with Crippen LogP contribution in [0.15, 0.2) is 30.6 Å². The lowest BCUT2D eigenvalue weighted by Gasteiger charge is -2.05. The van der Waals surface area contributed by atoms with E-state index in [1.54, 1.807) is 23.0 Å². The smallest absolute Gasteiger partial charge is 0.142 e. The van der Waals surface area contributed by atoms with Crippen LogP contribution >= 0.6 is 11.6 Å². The van der Waals surface area contributed by atoms with Gasteiger partial charge in [-0.15, -0.1) is 11.6 Å². The molecule has 0 N–H and O–H groups in total. The van der Waals surface area contributed by atoms with Gasteiger partial charge in [-0.1, -0.05) is 11.8 Å².